The van der Waals surface area contributed by atoms with Gasteiger partial charge in [0.25, 0.3) is 0 Å². The van der Waals surface area contributed by atoms with Crippen molar-refractivity contribution in [3.63, 3.8) is 0 Å². The quantitative estimate of drug-likeness (QED) is 0.349. The highest BCUT2D eigenvalue weighted by atomic mass is 16.5. The summed E-state index contributed by atoms with van der Waals surface area (Å²) in [6.07, 6.45) is 7.28. The molecule has 2 aromatic heterocycles. The van der Waals surface area contributed by atoms with E-state index in [1.54, 1.807) is 12.5 Å². The van der Waals surface area contributed by atoms with E-state index in [0.29, 0.717) is 0 Å². The molecule has 0 atom stereocenters. The molecule has 5 aromatic rings. The normalized spacial score (nSPS) is 10.7. The maximum atomic E-state index is 6.13. The van der Waals surface area contributed by atoms with Gasteiger partial charge in [-0.25, -0.2) is 4.98 Å². The van der Waals surface area contributed by atoms with E-state index < -0.39 is 0 Å². The Labute approximate surface area is 175 Å². The first-order chi connectivity index (χ1) is 14.8. The fraction of sp³-hybridized carbons (Fsp3) is 0. The Morgan fingerprint density at radius 3 is 2.27 bits per heavy atom. The lowest BCUT2D eigenvalue weighted by Crippen LogP contribution is -1.91. The summed E-state index contributed by atoms with van der Waals surface area (Å²) in [7, 11) is 0. The second kappa shape index (κ2) is 8.05. The molecule has 0 bridgehead atoms. The van der Waals surface area contributed by atoms with Gasteiger partial charge in [-0.3, -0.25) is 4.98 Å². The van der Waals surface area contributed by atoms with Crippen LogP contribution >= 0.6 is 0 Å². The highest BCUT2D eigenvalue weighted by Crippen LogP contribution is 2.29. The predicted octanol–water partition coefficient (Wildman–Crippen LogP) is 6.39. The van der Waals surface area contributed by atoms with Gasteiger partial charge in [0.1, 0.15) is 11.5 Å². The number of ether oxygens (including phenoxy) is 1. The number of imidazole rings is 1. The van der Waals surface area contributed by atoms with Gasteiger partial charge in [0.2, 0.25) is 0 Å². The number of hydrogen-bond acceptors (Lipinski definition) is 3. The smallest absolute Gasteiger partial charge is 0.129 e. The van der Waals surface area contributed by atoms with Crippen LogP contribution in [0.15, 0.2) is 116 Å². The zero-order chi connectivity index (χ0) is 20.2. The van der Waals surface area contributed by atoms with Crippen LogP contribution in [-0.4, -0.2) is 14.5 Å². The highest BCUT2D eigenvalue weighted by Gasteiger charge is 2.06. The lowest BCUT2D eigenvalue weighted by Gasteiger charge is -2.10. The minimum atomic E-state index is 0.766. The topological polar surface area (TPSA) is 39.9 Å². The summed E-state index contributed by atoms with van der Waals surface area (Å²) in [5, 5.41) is 0. The molecule has 0 saturated heterocycles. The van der Waals surface area contributed by atoms with E-state index in [2.05, 4.69) is 28.2 Å². The molecule has 144 valence electrons. The summed E-state index contributed by atoms with van der Waals surface area (Å²) in [5.74, 6) is 1.53. The van der Waals surface area contributed by atoms with Crippen molar-refractivity contribution in [2.75, 3.05) is 0 Å². The standard InChI is InChI=1S/C26H19N3O/c1-2-6-20(7-3-1)21-12-13-28-26(17-21)22-8-4-10-24(16-22)30-25-11-5-9-23(18-25)29-15-14-27-19-29/h1-19H. The second-order valence-corrected chi connectivity index (χ2v) is 6.89. The van der Waals surface area contributed by atoms with Crippen LogP contribution < -0.4 is 4.74 Å². The van der Waals surface area contributed by atoms with Gasteiger partial charge in [-0.05, 0) is 47.5 Å². The van der Waals surface area contributed by atoms with Crippen LogP contribution in [0.3, 0.4) is 0 Å². The molecule has 0 spiro atoms. The Kier molecular flexibility index (Phi) is 4.80. The summed E-state index contributed by atoms with van der Waals surface area (Å²) in [6, 6.07) is 30.4. The van der Waals surface area contributed by atoms with E-state index in [0.717, 1.165) is 34.0 Å². The highest BCUT2D eigenvalue weighted by molar-refractivity contribution is 5.70. The third-order valence-electron chi connectivity index (χ3n) is 4.85. The lowest BCUT2D eigenvalue weighted by atomic mass is 10.0. The molecular weight excluding hydrogens is 370 g/mol. The molecule has 5 rings (SSSR count). The van der Waals surface area contributed by atoms with Crippen molar-refractivity contribution < 1.29 is 4.74 Å². The first-order valence-electron chi connectivity index (χ1n) is 9.73. The molecule has 0 unspecified atom stereocenters. The van der Waals surface area contributed by atoms with Gasteiger partial charge in [0.05, 0.1) is 17.7 Å². The number of nitrogens with zero attached hydrogens (tertiary/aromatic N) is 3. The summed E-state index contributed by atoms with van der Waals surface area (Å²) >= 11 is 0. The molecule has 2 heterocycles. The zero-order valence-corrected chi connectivity index (χ0v) is 16.2. The van der Waals surface area contributed by atoms with E-state index in [-0.39, 0.29) is 0 Å². The molecule has 0 fully saturated rings. The van der Waals surface area contributed by atoms with E-state index in [1.165, 1.54) is 5.56 Å². The Morgan fingerprint density at radius 1 is 0.633 bits per heavy atom. The van der Waals surface area contributed by atoms with E-state index in [1.807, 2.05) is 89.8 Å². The number of aromatic nitrogens is 3. The van der Waals surface area contributed by atoms with Crippen molar-refractivity contribution in [3.05, 3.63) is 116 Å². The minimum Gasteiger partial charge on any atom is -0.457 e. The lowest BCUT2D eigenvalue weighted by molar-refractivity contribution is 0.482. The van der Waals surface area contributed by atoms with Crippen LogP contribution in [0, 0.1) is 0 Å². The first kappa shape index (κ1) is 17.9. The summed E-state index contributed by atoms with van der Waals surface area (Å²) in [6.45, 7) is 0. The second-order valence-electron chi connectivity index (χ2n) is 6.89. The van der Waals surface area contributed by atoms with Gasteiger partial charge >= 0.3 is 0 Å². The van der Waals surface area contributed by atoms with Crippen LogP contribution in [0.4, 0.5) is 0 Å². The van der Waals surface area contributed by atoms with Crippen molar-refractivity contribution in [1.29, 1.82) is 0 Å². The van der Waals surface area contributed by atoms with Gasteiger partial charge in [0, 0.05) is 30.2 Å². The number of pyridine rings is 1. The molecule has 0 radical (unpaired) electrons. The van der Waals surface area contributed by atoms with Crippen molar-refractivity contribution in [3.8, 4) is 39.6 Å². The number of benzene rings is 3. The Morgan fingerprint density at radius 2 is 1.43 bits per heavy atom. The number of rotatable bonds is 5. The Bertz CT molecular complexity index is 1260. The predicted molar refractivity (Wildman–Crippen MR) is 119 cm³/mol. The largest absolute Gasteiger partial charge is 0.457 e. The SMILES string of the molecule is c1ccc(-c2ccnc(-c3cccc(Oc4cccc(-n5ccnc5)c4)c3)c2)cc1. The fourth-order valence-electron chi connectivity index (χ4n) is 3.37. The average Bonchev–Trinajstić information content (AvgIpc) is 3.35. The van der Waals surface area contributed by atoms with Crippen molar-refractivity contribution in [1.82, 2.24) is 14.5 Å². The van der Waals surface area contributed by atoms with Crippen LogP contribution in [0.1, 0.15) is 0 Å². The van der Waals surface area contributed by atoms with Crippen LogP contribution in [0.2, 0.25) is 0 Å². The molecule has 4 heteroatoms. The van der Waals surface area contributed by atoms with Crippen LogP contribution in [0.5, 0.6) is 11.5 Å². The van der Waals surface area contributed by atoms with Gasteiger partial charge in [0.15, 0.2) is 0 Å². The molecule has 0 aliphatic rings. The molecule has 0 aliphatic heterocycles. The average molecular weight is 389 g/mol. The van der Waals surface area contributed by atoms with E-state index in [4.69, 9.17) is 4.74 Å². The van der Waals surface area contributed by atoms with Gasteiger partial charge in [-0.2, -0.15) is 0 Å². The summed E-state index contributed by atoms with van der Waals surface area (Å²) in [4.78, 5) is 8.67. The monoisotopic (exact) mass is 389 g/mol. The maximum absolute atomic E-state index is 6.13. The molecule has 0 aliphatic carbocycles. The molecule has 0 amide bonds. The van der Waals surface area contributed by atoms with Gasteiger partial charge in [-0.1, -0.05) is 48.5 Å². The fourth-order valence-corrected chi connectivity index (χ4v) is 3.37. The Hall–Kier alpha value is -4.18. The Balaban J connectivity index is 1.42. The minimum absolute atomic E-state index is 0.766. The van der Waals surface area contributed by atoms with E-state index >= 15 is 0 Å². The molecule has 3 aromatic carbocycles. The third kappa shape index (κ3) is 3.84. The molecule has 0 N–H and O–H groups in total. The van der Waals surface area contributed by atoms with Crippen LogP contribution in [-0.2, 0) is 0 Å². The maximum Gasteiger partial charge on any atom is 0.129 e. The third-order valence-corrected chi connectivity index (χ3v) is 4.85. The summed E-state index contributed by atoms with van der Waals surface area (Å²) in [5.41, 5.74) is 5.23. The van der Waals surface area contributed by atoms with Crippen molar-refractivity contribution in [2.24, 2.45) is 0 Å². The first-order valence-corrected chi connectivity index (χ1v) is 9.73. The van der Waals surface area contributed by atoms with Crippen molar-refractivity contribution >= 4 is 0 Å². The van der Waals surface area contributed by atoms with Gasteiger partial charge in [-0.15, -0.1) is 0 Å². The van der Waals surface area contributed by atoms with Gasteiger partial charge < -0.3 is 9.30 Å². The molecule has 4 nitrogen and oxygen atoms in total. The molecule has 0 saturated carbocycles. The van der Waals surface area contributed by atoms with Crippen LogP contribution in [0.25, 0.3) is 28.1 Å². The number of hydrogen-bond donors (Lipinski definition) is 0. The molecule has 30 heavy (non-hydrogen) atoms. The van der Waals surface area contributed by atoms with E-state index in [9.17, 15) is 0 Å². The summed E-state index contributed by atoms with van der Waals surface area (Å²) < 4.78 is 8.08. The van der Waals surface area contributed by atoms with Crippen molar-refractivity contribution in [2.45, 2.75) is 0 Å². The molecular formula is C26H19N3O. The zero-order valence-electron chi connectivity index (χ0n) is 16.2.